The van der Waals surface area contributed by atoms with Gasteiger partial charge in [0, 0.05) is 25.3 Å². The van der Waals surface area contributed by atoms with E-state index in [2.05, 4.69) is 15.1 Å². The number of H-pyrrole nitrogens is 1. The van der Waals surface area contributed by atoms with Crippen molar-refractivity contribution in [2.75, 3.05) is 13.1 Å². The monoisotopic (exact) mass is 498 g/mol. The number of pyridine rings is 1. The Kier molecular flexibility index (Phi) is 5.93. The highest BCUT2D eigenvalue weighted by molar-refractivity contribution is 5.95. The summed E-state index contributed by atoms with van der Waals surface area (Å²) in [7, 11) is 0. The molecule has 1 N–H and O–H groups in total. The van der Waals surface area contributed by atoms with Gasteiger partial charge < -0.3 is 9.88 Å². The van der Waals surface area contributed by atoms with Crippen LogP contribution >= 0.6 is 0 Å². The number of nitrogens with one attached hydrogen (secondary N) is 1. The first-order chi connectivity index (χ1) is 17.1. The maximum atomic E-state index is 13.5. The average Bonchev–Trinajstić information content (AvgIpc) is 3.44. The van der Waals surface area contributed by atoms with Crippen LogP contribution in [-0.2, 0) is 6.18 Å². The lowest BCUT2D eigenvalue weighted by atomic mass is 10.0. The summed E-state index contributed by atoms with van der Waals surface area (Å²) in [4.78, 5) is 34.6. The van der Waals surface area contributed by atoms with E-state index in [0.717, 1.165) is 23.3 Å². The average molecular weight is 499 g/mol. The molecule has 1 aliphatic heterocycles. The number of fused-ring (bicyclic) bond motifs is 1. The van der Waals surface area contributed by atoms with Gasteiger partial charge >= 0.3 is 11.9 Å². The van der Waals surface area contributed by atoms with Crippen LogP contribution in [0.2, 0.25) is 0 Å². The Morgan fingerprint density at radius 3 is 2.44 bits per heavy atom. The second-order valence-electron chi connectivity index (χ2n) is 9.25. The summed E-state index contributed by atoms with van der Waals surface area (Å²) in [6, 6.07) is 9.71. The lowest BCUT2D eigenvalue weighted by Gasteiger charge is -2.32. The number of imidazole rings is 1. The van der Waals surface area contributed by atoms with Crippen molar-refractivity contribution in [2.24, 2.45) is 0 Å². The molecule has 0 saturated carbocycles. The molecule has 1 saturated heterocycles. The molecular weight excluding hydrogens is 473 g/mol. The second kappa shape index (κ2) is 8.96. The normalized spacial score (nSPS) is 15.2. The van der Waals surface area contributed by atoms with Gasteiger partial charge in [0.25, 0.3) is 5.91 Å². The minimum atomic E-state index is -4.48. The Morgan fingerprint density at radius 1 is 1.08 bits per heavy atom. The molecule has 11 heteroatoms. The van der Waals surface area contributed by atoms with Gasteiger partial charge in [-0.05, 0) is 43.0 Å². The van der Waals surface area contributed by atoms with Crippen LogP contribution in [0.3, 0.4) is 0 Å². The molecule has 1 fully saturated rings. The number of alkyl halides is 3. The molecule has 36 heavy (non-hydrogen) atoms. The molecule has 5 rings (SSSR count). The maximum absolute atomic E-state index is 13.5. The standard InChI is InChI=1S/C25H25F3N6O2/c1-15(2)22-18(14-30-34(22)21-8-7-16(13-29-21)25(26,27)28)23(35)32-11-9-17(10-12-32)33-20-6-4-3-5-19(20)31-24(33)36/h3-8,13-15,17H,9-12H2,1-2H3,(H,31,36). The number of aromatic nitrogens is 5. The molecule has 8 nitrogen and oxygen atoms in total. The number of halogens is 3. The maximum Gasteiger partial charge on any atom is 0.417 e. The lowest BCUT2D eigenvalue weighted by molar-refractivity contribution is -0.137. The summed E-state index contributed by atoms with van der Waals surface area (Å²) in [5, 5.41) is 4.29. The van der Waals surface area contributed by atoms with Crippen molar-refractivity contribution >= 4 is 16.9 Å². The lowest BCUT2D eigenvalue weighted by Crippen LogP contribution is -2.40. The summed E-state index contributed by atoms with van der Waals surface area (Å²) in [5.41, 5.74) is 1.61. The molecule has 0 unspecified atom stereocenters. The van der Waals surface area contributed by atoms with Gasteiger partial charge in [0.05, 0.1) is 34.1 Å². The first-order valence-electron chi connectivity index (χ1n) is 11.7. The molecule has 4 heterocycles. The topological polar surface area (TPSA) is 88.8 Å². The summed E-state index contributed by atoms with van der Waals surface area (Å²) < 4.78 is 42.0. The fourth-order valence-electron chi connectivity index (χ4n) is 4.87. The molecule has 1 aromatic carbocycles. The number of hydrogen-bond donors (Lipinski definition) is 1. The highest BCUT2D eigenvalue weighted by Gasteiger charge is 2.32. The number of rotatable bonds is 4. The van der Waals surface area contributed by atoms with E-state index in [-0.39, 0.29) is 29.4 Å². The number of amides is 1. The first-order valence-corrected chi connectivity index (χ1v) is 11.7. The zero-order valence-electron chi connectivity index (χ0n) is 19.8. The van der Waals surface area contributed by atoms with Crippen LogP contribution < -0.4 is 5.69 Å². The van der Waals surface area contributed by atoms with Crippen molar-refractivity contribution in [3.05, 3.63) is 76.1 Å². The number of para-hydroxylation sites is 2. The largest absolute Gasteiger partial charge is 0.417 e. The van der Waals surface area contributed by atoms with Crippen LogP contribution in [0.4, 0.5) is 13.2 Å². The van der Waals surface area contributed by atoms with E-state index in [9.17, 15) is 22.8 Å². The van der Waals surface area contributed by atoms with Gasteiger partial charge in [0.2, 0.25) is 0 Å². The Hall–Kier alpha value is -3.89. The molecule has 188 valence electrons. The fraction of sp³-hybridized carbons (Fsp3) is 0.360. The van der Waals surface area contributed by atoms with Crippen molar-refractivity contribution in [1.82, 2.24) is 29.2 Å². The van der Waals surface area contributed by atoms with Crippen LogP contribution in [0.15, 0.2) is 53.6 Å². The number of carbonyl (C=O) groups excluding carboxylic acids is 1. The molecule has 1 amide bonds. The van der Waals surface area contributed by atoms with E-state index >= 15 is 0 Å². The summed E-state index contributed by atoms with van der Waals surface area (Å²) in [6.07, 6.45) is -1.02. The van der Waals surface area contributed by atoms with Gasteiger partial charge in [-0.2, -0.15) is 18.3 Å². The minimum Gasteiger partial charge on any atom is -0.338 e. The predicted molar refractivity (Wildman–Crippen MR) is 127 cm³/mol. The number of carbonyl (C=O) groups is 1. The third-order valence-electron chi connectivity index (χ3n) is 6.62. The molecule has 0 atom stereocenters. The molecule has 0 radical (unpaired) electrons. The summed E-state index contributed by atoms with van der Waals surface area (Å²) >= 11 is 0. The van der Waals surface area contributed by atoms with Gasteiger partial charge in [-0.25, -0.2) is 14.5 Å². The van der Waals surface area contributed by atoms with Gasteiger partial charge in [-0.15, -0.1) is 0 Å². The first kappa shape index (κ1) is 23.8. The highest BCUT2D eigenvalue weighted by atomic mass is 19.4. The third kappa shape index (κ3) is 4.18. The number of hydrogen-bond acceptors (Lipinski definition) is 4. The summed E-state index contributed by atoms with van der Waals surface area (Å²) in [6.45, 7) is 4.72. The number of benzene rings is 1. The zero-order chi connectivity index (χ0) is 25.6. The van der Waals surface area contributed by atoms with Gasteiger partial charge in [-0.1, -0.05) is 26.0 Å². The van der Waals surface area contributed by atoms with Gasteiger partial charge in [0.15, 0.2) is 5.82 Å². The highest BCUT2D eigenvalue weighted by Crippen LogP contribution is 2.31. The van der Waals surface area contributed by atoms with E-state index in [1.54, 1.807) is 9.47 Å². The molecule has 0 bridgehead atoms. The predicted octanol–water partition coefficient (Wildman–Crippen LogP) is 4.53. The van der Waals surface area contributed by atoms with Crippen LogP contribution in [-0.4, -0.2) is 48.2 Å². The van der Waals surface area contributed by atoms with Gasteiger partial charge in [0.1, 0.15) is 0 Å². The minimum absolute atomic E-state index is 0.0265. The van der Waals surface area contributed by atoms with Crippen molar-refractivity contribution in [3.63, 3.8) is 0 Å². The second-order valence-corrected chi connectivity index (χ2v) is 9.25. The SMILES string of the molecule is CC(C)c1c(C(=O)N2CCC(n3c(=O)[nH]c4ccccc43)CC2)cnn1-c1ccc(C(F)(F)F)cn1. The van der Waals surface area contributed by atoms with E-state index in [4.69, 9.17) is 0 Å². The Balaban J connectivity index is 1.37. The Bertz CT molecular complexity index is 1460. The quantitative estimate of drug-likeness (QED) is 0.448. The number of piperidine rings is 1. The molecule has 4 aromatic rings. The number of likely N-dealkylation sites (tertiary alicyclic amines) is 1. The zero-order valence-corrected chi connectivity index (χ0v) is 19.8. The molecular formula is C25H25F3N6O2. The molecule has 0 aliphatic carbocycles. The van der Waals surface area contributed by atoms with Crippen LogP contribution in [0.1, 0.15) is 60.3 Å². The molecule has 0 spiro atoms. The van der Waals surface area contributed by atoms with E-state index in [1.165, 1.54) is 16.9 Å². The molecule has 3 aromatic heterocycles. The summed E-state index contributed by atoms with van der Waals surface area (Å²) in [5.74, 6) is -0.109. The number of nitrogens with zero attached hydrogens (tertiary/aromatic N) is 5. The van der Waals surface area contributed by atoms with E-state index < -0.39 is 11.7 Å². The Morgan fingerprint density at radius 2 is 1.81 bits per heavy atom. The Labute approximate surface area is 204 Å². The molecule has 1 aliphatic rings. The van der Waals surface area contributed by atoms with Crippen molar-refractivity contribution in [2.45, 2.75) is 44.8 Å². The fourth-order valence-corrected chi connectivity index (χ4v) is 4.87. The van der Waals surface area contributed by atoms with E-state index in [1.807, 2.05) is 38.1 Å². The van der Waals surface area contributed by atoms with E-state index in [0.29, 0.717) is 37.2 Å². The number of aromatic amines is 1. The third-order valence-corrected chi connectivity index (χ3v) is 6.62. The van der Waals surface area contributed by atoms with Crippen LogP contribution in [0.5, 0.6) is 0 Å². The van der Waals surface area contributed by atoms with Gasteiger partial charge in [-0.3, -0.25) is 9.36 Å². The smallest absolute Gasteiger partial charge is 0.338 e. The van der Waals surface area contributed by atoms with Crippen molar-refractivity contribution < 1.29 is 18.0 Å². The van der Waals surface area contributed by atoms with Crippen LogP contribution in [0.25, 0.3) is 16.9 Å². The van der Waals surface area contributed by atoms with Crippen molar-refractivity contribution in [3.8, 4) is 5.82 Å². The van der Waals surface area contributed by atoms with Crippen molar-refractivity contribution in [1.29, 1.82) is 0 Å². The van der Waals surface area contributed by atoms with Crippen LogP contribution in [0, 0.1) is 0 Å².